The van der Waals surface area contributed by atoms with Crippen LogP contribution in [0, 0.1) is 0 Å². The van der Waals surface area contributed by atoms with Gasteiger partial charge in [0.2, 0.25) is 5.89 Å². The molecule has 128 valence electrons. The summed E-state index contributed by atoms with van der Waals surface area (Å²) in [6.45, 7) is 5.17. The molecule has 0 aliphatic carbocycles. The van der Waals surface area contributed by atoms with Crippen molar-refractivity contribution in [3.63, 3.8) is 0 Å². The van der Waals surface area contributed by atoms with E-state index in [0.29, 0.717) is 41.9 Å². The zero-order chi connectivity index (χ0) is 17.3. The number of carbonyl (C=O) groups excluding carboxylic acids is 1. The molecule has 1 aliphatic heterocycles. The predicted octanol–water partition coefficient (Wildman–Crippen LogP) is 2.45. The topological polar surface area (TPSA) is 77.7 Å². The summed E-state index contributed by atoms with van der Waals surface area (Å²) >= 11 is 0. The van der Waals surface area contributed by atoms with Gasteiger partial charge < -0.3 is 18.9 Å². The summed E-state index contributed by atoms with van der Waals surface area (Å²) in [6, 6.07) is 5.16. The highest BCUT2D eigenvalue weighted by Gasteiger charge is 2.36. The number of hydrogen-bond donors (Lipinski definition) is 0. The van der Waals surface area contributed by atoms with Crippen molar-refractivity contribution in [1.29, 1.82) is 0 Å². The average Bonchev–Trinajstić information content (AvgIpc) is 3.02. The largest absolute Gasteiger partial charge is 0.497 e. The monoisotopic (exact) mass is 331 g/mol. The van der Waals surface area contributed by atoms with Gasteiger partial charge in [0.1, 0.15) is 11.5 Å². The van der Waals surface area contributed by atoms with Gasteiger partial charge >= 0.3 is 0 Å². The first-order valence-corrected chi connectivity index (χ1v) is 7.87. The molecule has 1 aliphatic rings. The third-order valence-electron chi connectivity index (χ3n) is 4.09. The second-order valence-corrected chi connectivity index (χ2v) is 6.15. The first kappa shape index (κ1) is 16.3. The van der Waals surface area contributed by atoms with E-state index in [2.05, 4.69) is 10.1 Å². The highest BCUT2D eigenvalue weighted by Crippen LogP contribution is 2.30. The summed E-state index contributed by atoms with van der Waals surface area (Å²) in [5, 5.41) is 3.97. The lowest BCUT2D eigenvalue weighted by molar-refractivity contribution is 0.0568. The van der Waals surface area contributed by atoms with Crippen molar-refractivity contribution in [1.82, 2.24) is 15.0 Å². The van der Waals surface area contributed by atoms with Crippen LogP contribution in [0.2, 0.25) is 0 Å². The number of methoxy groups -OCH3 is 2. The minimum absolute atomic E-state index is 0.0629. The summed E-state index contributed by atoms with van der Waals surface area (Å²) in [5.74, 6) is 2.75. The van der Waals surface area contributed by atoms with Crippen LogP contribution in [0.5, 0.6) is 11.5 Å². The Hall–Kier alpha value is -2.57. The number of aromatic nitrogens is 2. The highest BCUT2D eigenvalue weighted by molar-refractivity contribution is 5.95. The van der Waals surface area contributed by atoms with E-state index in [9.17, 15) is 4.79 Å². The number of ether oxygens (including phenoxy) is 2. The van der Waals surface area contributed by atoms with Crippen molar-refractivity contribution in [3.8, 4) is 11.5 Å². The van der Waals surface area contributed by atoms with E-state index in [1.165, 1.54) is 0 Å². The van der Waals surface area contributed by atoms with Gasteiger partial charge in [-0.15, -0.1) is 0 Å². The number of carbonyl (C=O) groups is 1. The fourth-order valence-electron chi connectivity index (χ4n) is 2.56. The first-order chi connectivity index (χ1) is 11.5. The Balaban J connectivity index is 1.68. The quantitative estimate of drug-likeness (QED) is 0.837. The molecule has 0 radical (unpaired) electrons. The van der Waals surface area contributed by atoms with Crippen molar-refractivity contribution >= 4 is 5.91 Å². The molecule has 24 heavy (non-hydrogen) atoms. The number of hydrogen-bond acceptors (Lipinski definition) is 6. The van der Waals surface area contributed by atoms with Crippen LogP contribution in [0.1, 0.15) is 47.8 Å². The molecule has 0 unspecified atom stereocenters. The minimum atomic E-state index is -0.0629. The number of benzene rings is 1. The van der Waals surface area contributed by atoms with E-state index < -0.39 is 0 Å². The van der Waals surface area contributed by atoms with Gasteiger partial charge in [-0.1, -0.05) is 19.0 Å². The fraction of sp³-hybridized carbons (Fsp3) is 0.471. The van der Waals surface area contributed by atoms with Gasteiger partial charge in [-0.2, -0.15) is 4.98 Å². The van der Waals surface area contributed by atoms with Gasteiger partial charge in [-0.25, -0.2) is 0 Å². The summed E-state index contributed by atoms with van der Waals surface area (Å²) < 4.78 is 15.7. The molecule has 3 rings (SSSR count). The Kier molecular flexibility index (Phi) is 4.42. The van der Waals surface area contributed by atoms with Crippen LogP contribution < -0.4 is 9.47 Å². The van der Waals surface area contributed by atoms with Gasteiger partial charge in [-0.3, -0.25) is 4.79 Å². The first-order valence-electron chi connectivity index (χ1n) is 7.87. The summed E-state index contributed by atoms with van der Waals surface area (Å²) in [6.07, 6.45) is 0. The van der Waals surface area contributed by atoms with Crippen LogP contribution in [0.15, 0.2) is 22.7 Å². The van der Waals surface area contributed by atoms with Crippen molar-refractivity contribution in [2.24, 2.45) is 0 Å². The Morgan fingerprint density at radius 3 is 2.33 bits per heavy atom. The van der Waals surface area contributed by atoms with E-state index in [0.717, 1.165) is 0 Å². The van der Waals surface area contributed by atoms with Gasteiger partial charge in [0.15, 0.2) is 5.82 Å². The maximum Gasteiger partial charge on any atom is 0.254 e. The van der Waals surface area contributed by atoms with Gasteiger partial charge in [0.05, 0.1) is 20.1 Å². The smallest absolute Gasteiger partial charge is 0.254 e. The van der Waals surface area contributed by atoms with Crippen LogP contribution in [0.25, 0.3) is 0 Å². The number of amides is 1. The fourth-order valence-corrected chi connectivity index (χ4v) is 2.56. The van der Waals surface area contributed by atoms with Crippen molar-refractivity contribution in [2.45, 2.75) is 25.7 Å². The molecule has 0 spiro atoms. The standard InChI is InChI=1S/C17H21N3O4/c1-10(2)15-18-16(24-19-15)12-8-20(9-12)17(21)11-5-13(22-3)7-14(6-11)23-4/h5-7,10,12H,8-9H2,1-4H3. The van der Waals surface area contributed by atoms with Gasteiger partial charge in [0, 0.05) is 30.6 Å². The minimum Gasteiger partial charge on any atom is -0.497 e. The van der Waals surface area contributed by atoms with Gasteiger partial charge in [0.25, 0.3) is 5.91 Å². The van der Waals surface area contributed by atoms with E-state index in [1.807, 2.05) is 13.8 Å². The average molecular weight is 331 g/mol. The molecule has 0 saturated carbocycles. The Morgan fingerprint density at radius 2 is 1.83 bits per heavy atom. The second kappa shape index (κ2) is 6.51. The maximum atomic E-state index is 12.6. The zero-order valence-electron chi connectivity index (χ0n) is 14.3. The summed E-state index contributed by atoms with van der Waals surface area (Å²) in [7, 11) is 3.12. The molecule has 2 aromatic rings. The molecular weight excluding hydrogens is 310 g/mol. The molecule has 0 bridgehead atoms. The molecule has 7 nitrogen and oxygen atoms in total. The SMILES string of the molecule is COc1cc(OC)cc(C(=O)N2CC(c3nc(C(C)C)no3)C2)c1. The van der Waals surface area contributed by atoms with Crippen molar-refractivity contribution < 1.29 is 18.8 Å². The molecule has 1 aromatic heterocycles. The lowest BCUT2D eigenvalue weighted by atomic mass is 9.98. The number of rotatable bonds is 5. The summed E-state index contributed by atoms with van der Waals surface area (Å²) in [5.41, 5.74) is 0.540. The van der Waals surface area contributed by atoms with Crippen molar-refractivity contribution in [3.05, 3.63) is 35.5 Å². The number of nitrogens with zero attached hydrogens (tertiary/aromatic N) is 3. The lowest BCUT2D eigenvalue weighted by Gasteiger charge is -2.37. The zero-order valence-corrected chi connectivity index (χ0v) is 14.3. The Bertz CT molecular complexity index is 713. The molecule has 0 N–H and O–H groups in total. The molecule has 7 heteroatoms. The van der Waals surface area contributed by atoms with E-state index >= 15 is 0 Å². The van der Waals surface area contributed by atoms with Crippen LogP contribution in [0.4, 0.5) is 0 Å². The van der Waals surface area contributed by atoms with Crippen LogP contribution >= 0.6 is 0 Å². The van der Waals surface area contributed by atoms with E-state index in [-0.39, 0.29) is 17.7 Å². The van der Waals surface area contributed by atoms with Gasteiger partial charge in [-0.05, 0) is 12.1 Å². The van der Waals surface area contributed by atoms with Crippen molar-refractivity contribution in [2.75, 3.05) is 27.3 Å². The van der Waals surface area contributed by atoms with E-state index in [1.54, 1.807) is 37.3 Å². The third-order valence-corrected chi connectivity index (χ3v) is 4.09. The normalized spacial score (nSPS) is 14.6. The molecule has 0 atom stereocenters. The molecule has 1 fully saturated rings. The molecule has 2 heterocycles. The second-order valence-electron chi connectivity index (χ2n) is 6.15. The van der Waals surface area contributed by atoms with Crippen LogP contribution in [0.3, 0.4) is 0 Å². The molecule has 1 saturated heterocycles. The Morgan fingerprint density at radius 1 is 1.21 bits per heavy atom. The van der Waals surface area contributed by atoms with E-state index in [4.69, 9.17) is 14.0 Å². The Labute approximate surface area is 140 Å². The highest BCUT2D eigenvalue weighted by atomic mass is 16.5. The lowest BCUT2D eigenvalue weighted by Crippen LogP contribution is -2.48. The number of likely N-dealkylation sites (tertiary alicyclic amines) is 1. The molecule has 1 amide bonds. The molecular formula is C17H21N3O4. The van der Waals surface area contributed by atoms with Crippen LogP contribution in [-0.4, -0.2) is 48.3 Å². The molecule has 1 aromatic carbocycles. The third kappa shape index (κ3) is 3.06. The predicted molar refractivity (Wildman–Crippen MR) is 86.6 cm³/mol. The van der Waals surface area contributed by atoms with Crippen LogP contribution in [-0.2, 0) is 0 Å². The maximum absolute atomic E-state index is 12.6. The summed E-state index contributed by atoms with van der Waals surface area (Å²) in [4.78, 5) is 18.7.